The lowest BCUT2D eigenvalue weighted by Crippen LogP contribution is -2.38. The number of aromatic nitrogens is 4. The average Bonchev–Trinajstić information content (AvgIpc) is 3.09. The summed E-state index contributed by atoms with van der Waals surface area (Å²) in [6, 6.07) is 5.77. The van der Waals surface area contributed by atoms with Crippen molar-refractivity contribution in [3.05, 3.63) is 71.0 Å². The normalized spacial score (nSPS) is 18.0. The topological polar surface area (TPSA) is 91.8 Å². The van der Waals surface area contributed by atoms with Crippen LogP contribution in [-0.4, -0.2) is 32.9 Å². The molecule has 0 radical (unpaired) electrons. The second-order valence-electron chi connectivity index (χ2n) is 5.77. The molecule has 1 unspecified atom stereocenters. The summed E-state index contributed by atoms with van der Waals surface area (Å²) >= 11 is 5.89. The Balaban J connectivity index is 1.80. The van der Waals surface area contributed by atoms with E-state index in [4.69, 9.17) is 11.6 Å². The van der Waals surface area contributed by atoms with Gasteiger partial charge in [0, 0.05) is 47.2 Å². The predicted molar refractivity (Wildman–Crippen MR) is 91.2 cm³/mol. The van der Waals surface area contributed by atoms with Gasteiger partial charge in [0.2, 0.25) is 10.0 Å². The van der Waals surface area contributed by atoms with Crippen LogP contribution in [0.5, 0.6) is 0 Å². The van der Waals surface area contributed by atoms with Crippen LogP contribution in [0.1, 0.15) is 22.9 Å². The van der Waals surface area contributed by atoms with E-state index in [1.54, 1.807) is 30.7 Å². The lowest BCUT2D eigenvalue weighted by Gasteiger charge is -2.34. The number of rotatable bonds is 3. The summed E-state index contributed by atoms with van der Waals surface area (Å²) in [5, 5.41) is 7.47. The number of hydrogen-bond donors (Lipinski definition) is 1. The number of H-pyrrole nitrogens is 1. The largest absolute Gasteiger partial charge is 0.282 e. The lowest BCUT2D eigenvalue weighted by molar-refractivity contribution is 0.293. The molecule has 2 aromatic heterocycles. The van der Waals surface area contributed by atoms with Crippen molar-refractivity contribution in [2.24, 2.45) is 0 Å². The van der Waals surface area contributed by atoms with Crippen molar-refractivity contribution in [1.29, 1.82) is 0 Å². The van der Waals surface area contributed by atoms with Gasteiger partial charge in [0.1, 0.15) is 6.33 Å². The van der Waals surface area contributed by atoms with Crippen LogP contribution < -0.4 is 0 Å². The fourth-order valence-electron chi connectivity index (χ4n) is 2.99. The Morgan fingerprint density at radius 2 is 1.84 bits per heavy atom. The van der Waals surface area contributed by atoms with Gasteiger partial charge in [-0.05, 0) is 24.3 Å². The molecule has 1 aromatic carbocycles. The first kappa shape index (κ1) is 16.2. The van der Waals surface area contributed by atoms with Gasteiger partial charge in [-0.25, -0.2) is 18.4 Å². The number of aromatic amines is 1. The number of hydrogen-bond acceptors (Lipinski definition) is 5. The monoisotopic (exact) mass is 375 g/mol. The van der Waals surface area contributed by atoms with E-state index in [0.717, 1.165) is 16.8 Å². The zero-order chi connectivity index (χ0) is 17.4. The Morgan fingerprint density at radius 3 is 2.56 bits per heavy atom. The second kappa shape index (κ2) is 6.21. The van der Waals surface area contributed by atoms with Crippen LogP contribution in [-0.2, 0) is 23.0 Å². The van der Waals surface area contributed by atoms with Crippen molar-refractivity contribution in [2.45, 2.75) is 23.9 Å². The SMILES string of the molecule is O=S(=O)(c1ccc(Cl)cc1)N1Cc2cn[nH]c2CC1c1cncnc1. The summed E-state index contributed by atoms with van der Waals surface area (Å²) in [6.45, 7) is 0.232. The van der Waals surface area contributed by atoms with Crippen LogP contribution in [0.3, 0.4) is 0 Å². The molecule has 25 heavy (non-hydrogen) atoms. The summed E-state index contributed by atoms with van der Waals surface area (Å²) in [5.74, 6) is 0. The number of nitrogens with zero attached hydrogens (tertiary/aromatic N) is 4. The first-order valence-electron chi connectivity index (χ1n) is 7.59. The molecule has 0 aliphatic carbocycles. The summed E-state index contributed by atoms with van der Waals surface area (Å²) < 4.78 is 27.9. The number of sulfonamides is 1. The maximum Gasteiger partial charge on any atom is 0.243 e. The lowest BCUT2D eigenvalue weighted by atomic mass is 9.99. The maximum atomic E-state index is 13.2. The van der Waals surface area contributed by atoms with Crippen molar-refractivity contribution in [3.63, 3.8) is 0 Å². The first-order valence-corrected chi connectivity index (χ1v) is 9.41. The molecule has 4 rings (SSSR count). The number of halogens is 1. The fraction of sp³-hybridized carbons (Fsp3) is 0.188. The van der Waals surface area contributed by atoms with Crippen molar-refractivity contribution < 1.29 is 8.42 Å². The minimum Gasteiger partial charge on any atom is -0.282 e. The van der Waals surface area contributed by atoms with Crippen LogP contribution in [0, 0.1) is 0 Å². The molecule has 9 heteroatoms. The third-order valence-corrected chi connectivity index (χ3v) is 6.39. The second-order valence-corrected chi connectivity index (χ2v) is 8.10. The minimum absolute atomic E-state index is 0.200. The highest BCUT2D eigenvalue weighted by Gasteiger charge is 2.37. The van der Waals surface area contributed by atoms with Gasteiger partial charge in [-0.3, -0.25) is 5.10 Å². The van der Waals surface area contributed by atoms with Crippen LogP contribution >= 0.6 is 11.6 Å². The van der Waals surface area contributed by atoms with Crippen LogP contribution in [0.2, 0.25) is 5.02 Å². The zero-order valence-corrected chi connectivity index (χ0v) is 14.6. The summed E-state index contributed by atoms with van der Waals surface area (Å²) in [4.78, 5) is 8.26. The van der Waals surface area contributed by atoms with Gasteiger partial charge < -0.3 is 0 Å². The first-order chi connectivity index (χ1) is 12.1. The summed E-state index contributed by atoms with van der Waals surface area (Å²) in [5.41, 5.74) is 2.53. The zero-order valence-electron chi connectivity index (χ0n) is 13.0. The highest BCUT2D eigenvalue weighted by Crippen LogP contribution is 2.36. The van der Waals surface area contributed by atoms with Crippen molar-refractivity contribution in [2.75, 3.05) is 0 Å². The van der Waals surface area contributed by atoms with Crippen molar-refractivity contribution in [3.8, 4) is 0 Å². The van der Waals surface area contributed by atoms with Gasteiger partial charge in [-0.1, -0.05) is 11.6 Å². The molecule has 128 valence electrons. The molecule has 0 amide bonds. The molecule has 0 saturated heterocycles. The van der Waals surface area contributed by atoms with E-state index in [9.17, 15) is 8.42 Å². The van der Waals surface area contributed by atoms with E-state index in [1.165, 1.54) is 22.8 Å². The van der Waals surface area contributed by atoms with Gasteiger partial charge in [0.15, 0.2) is 0 Å². The maximum absolute atomic E-state index is 13.2. The summed E-state index contributed by atoms with van der Waals surface area (Å²) in [6.07, 6.45) is 6.85. The highest BCUT2D eigenvalue weighted by molar-refractivity contribution is 7.89. The van der Waals surface area contributed by atoms with Crippen LogP contribution in [0.4, 0.5) is 0 Å². The van der Waals surface area contributed by atoms with Crippen molar-refractivity contribution >= 4 is 21.6 Å². The van der Waals surface area contributed by atoms with E-state index >= 15 is 0 Å². The number of fused-ring (bicyclic) bond motifs is 1. The smallest absolute Gasteiger partial charge is 0.243 e. The predicted octanol–water partition coefficient (Wildman–Crippen LogP) is 2.34. The molecule has 0 fully saturated rings. The molecule has 0 bridgehead atoms. The quantitative estimate of drug-likeness (QED) is 0.758. The van der Waals surface area contributed by atoms with Gasteiger partial charge in [0.25, 0.3) is 0 Å². The third kappa shape index (κ3) is 2.92. The standard InChI is InChI=1S/C16H14ClN5O2S/c17-13-1-3-14(4-2-13)25(23,24)22-9-12-8-20-21-15(12)5-16(22)11-6-18-10-19-7-11/h1-4,6-8,10,16H,5,9H2,(H,20,21). The Bertz CT molecular complexity index is 989. The molecule has 3 heterocycles. The average molecular weight is 376 g/mol. The molecule has 1 aliphatic heterocycles. The minimum atomic E-state index is -3.72. The number of benzene rings is 1. The van der Waals surface area contributed by atoms with Gasteiger partial charge >= 0.3 is 0 Å². The van der Waals surface area contributed by atoms with Crippen molar-refractivity contribution in [1.82, 2.24) is 24.5 Å². The number of nitrogens with one attached hydrogen (secondary N) is 1. The molecule has 1 N–H and O–H groups in total. The third-order valence-electron chi connectivity index (χ3n) is 4.26. The molecule has 1 atom stereocenters. The highest BCUT2D eigenvalue weighted by atomic mass is 35.5. The Labute approximate surface area is 149 Å². The molecule has 7 nitrogen and oxygen atoms in total. The molecule has 1 aliphatic rings. The molecule has 0 spiro atoms. The molecular weight excluding hydrogens is 362 g/mol. The van der Waals surface area contributed by atoms with Crippen LogP contribution in [0.15, 0.2) is 54.1 Å². The van der Waals surface area contributed by atoms with E-state index in [1.807, 2.05) is 0 Å². The molecular formula is C16H14ClN5O2S. The van der Waals surface area contributed by atoms with Gasteiger partial charge in [-0.15, -0.1) is 0 Å². The van der Waals surface area contributed by atoms with E-state index in [0.29, 0.717) is 11.4 Å². The Kier molecular flexibility index (Phi) is 4.03. The fourth-order valence-corrected chi connectivity index (χ4v) is 4.70. The Hall–Kier alpha value is -2.29. The summed E-state index contributed by atoms with van der Waals surface area (Å²) in [7, 11) is -3.72. The van der Waals surface area contributed by atoms with E-state index in [-0.39, 0.29) is 11.4 Å². The van der Waals surface area contributed by atoms with E-state index < -0.39 is 16.1 Å². The van der Waals surface area contributed by atoms with E-state index in [2.05, 4.69) is 20.2 Å². The van der Waals surface area contributed by atoms with Gasteiger partial charge in [0.05, 0.1) is 17.1 Å². The molecule has 3 aromatic rings. The molecule has 0 saturated carbocycles. The van der Waals surface area contributed by atoms with Gasteiger partial charge in [-0.2, -0.15) is 9.40 Å². The Morgan fingerprint density at radius 1 is 1.12 bits per heavy atom. The van der Waals surface area contributed by atoms with Crippen LogP contribution in [0.25, 0.3) is 0 Å².